The van der Waals surface area contributed by atoms with E-state index in [2.05, 4.69) is 5.10 Å². The number of benzene rings is 1. The molecule has 27 heavy (non-hydrogen) atoms. The summed E-state index contributed by atoms with van der Waals surface area (Å²) in [5, 5.41) is 4.22. The first-order chi connectivity index (χ1) is 13.0. The zero-order valence-electron chi connectivity index (χ0n) is 15.5. The number of amides is 2. The van der Waals surface area contributed by atoms with Gasteiger partial charge in [-0.05, 0) is 36.6 Å². The third-order valence-corrected chi connectivity index (χ3v) is 5.40. The van der Waals surface area contributed by atoms with Crippen LogP contribution in [0.2, 0.25) is 0 Å². The van der Waals surface area contributed by atoms with E-state index < -0.39 is 5.60 Å². The first-order valence-electron chi connectivity index (χ1n) is 9.34. The second-order valence-corrected chi connectivity index (χ2v) is 7.46. The molecule has 0 bridgehead atoms. The molecule has 0 saturated carbocycles. The lowest BCUT2D eigenvalue weighted by atomic mass is 9.95. The molecule has 7 heteroatoms. The van der Waals surface area contributed by atoms with Crippen molar-refractivity contribution in [1.29, 1.82) is 0 Å². The van der Waals surface area contributed by atoms with Crippen molar-refractivity contribution in [1.82, 2.24) is 19.6 Å². The van der Waals surface area contributed by atoms with E-state index in [1.807, 2.05) is 46.1 Å². The molecule has 1 spiro atoms. The third kappa shape index (κ3) is 3.67. The normalized spacial score (nSPS) is 22.8. The summed E-state index contributed by atoms with van der Waals surface area (Å²) in [6.45, 7) is 2.53. The van der Waals surface area contributed by atoms with E-state index >= 15 is 0 Å². The van der Waals surface area contributed by atoms with Crippen molar-refractivity contribution in [2.45, 2.75) is 31.4 Å². The molecular weight excluding hydrogens is 344 g/mol. The van der Waals surface area contributed by atoms with Crippen molar-refractivity contribution in [3.8, 4) is 0 Å². The summed E-state index contributed by atoms with van der Waals surface area (Å²) in [5.41, 5.74) is 1.29. The van der Waals surface area contributed by atoms with Gasteiger partial charge in [-0.25, -0.2) is 4.79 Å². The van der Waals surface area contributed by atoms with Crippen molar-refractivity contribution in [3.05, 3.63) is 53.9 Å². The van der Waals surface area contributed by atoms with Crippen LogP contribution in [0, 0.1) is 0 Å². The van der Waals surface area contributed by atoms with Crippen molar-refractivity contribution in [2.24, 2.45) is 0 Å². The van der Waals surface area contributed by atoms with Gasteiger partial charge in [0.1, 0.15) is 5.60 Å². The molecule has 1 unspecified atom stereocenters. The van der Waals surface area contributed by atoms with E-state index in [1.54, 1.807) is 18.1 Å². The second-order valence-electron chi connectivity index (χ2n) is 7.46. The van der Waals surface area contributed by atoms with Gasteiger partial charge in [0.25, 0.3) is 5.91 Å². The topological polar surface area (TPSA) is 67.7 Å². The maximum absolute atomic E-state index is 13.0. The quantitative estimate of drug-likeness (QED) is 0.834. The molecule has 2 fully saturated rings. The maximum atomic E-state index is 13.0. The van der Waals surface area contributed by atoms with Gasteiger partial charge in [-0.15, -0.1) is 0 Å². The lowest BCUT2D eigenvalue weighted by molar-refractivity contribution is 0.0438. The highest BCUT2D eigenvalue weighted by Gasteiger charge is 2.44. The minimum atomic E-state index is -0.442. The van der Waals surface area contributed by atoms with Crippen LogP contribution in [0.1, 0.15) is 35.2 Å². The summed E-state index contributed by atoms with van der Waals surface area (Å²) in [4.78, 5) is 28.3. The highest BCUT2D eigenvalue weighted by Crippen LogP contribution is 2.32. The average Bonchev–Trinajstić information content (AvgIpc) is 3.20. The minimum absolute atomic E-state index is 0.0343. The summed E-state index contributed by atoms with van der Waals surface area (Å²) in [6.07, 6.45) is 5.70. The molecule has 0 radical (unpaired) electrons. The lowest BCUT2D eigenvalue weighted by Crippen LogP contribution is -2.36. The van der Waals surface area contributed by atoms with Crippen molar-refractivity contribution in [2.75, 3.05) is 26.7 Å². The molecular formula is C20H24N4O3. The summed E-state index contributed by atoms with van der Waals surface area (Å²) in [7, 11) is 1.76. The van der Waals surface area contributed by atoms with Crippen LogP contribution in [0.3, 0.4) is 0 Å². The Kier molecular flexibility index (Phi) is 4.59. The molecule has 0 aliphatic carbocycles. The Hall–Kier alpha value is -2.83. The minimum Gasteiger partial charge on any atom is -0.441 e. The van der Waals surface area contributed by atoms with E-state index in [1.165, 1.54) is 0 Å². The summed E-state index contributed by atoms with van der Waals surface area (Å²) in [5.74, 6) is 0.0343. The van der Waals surface area contributed by atoms with Crippen LogP contribution < -0.4 is 0 Å². The maximum Gasteiger partial charge on any atom is 0.410 e. The fraction of sp³-hybridized carbons (Fsp3) is 0.450. The predicted octanol–water partition coefficient (Wildman–Crippen LogP) is 2.38. The Morgan fingerprint density at radius 2 is 2.15 bits per heavy atom. The second kappa shape index (κ2) is 7.06. The van der Waals surface area contributed by atoms with Gasteiger partial charge in [-0.3, -0.25) is 9.48 Å². The van der Waals surface area contributed by atoms with Crippen molar-refractivity contribution in [3.63, 3.8) is 0 Å². The Balaban J connectivity index is 1.44. The van der Waals surface area contributed by atoms with Gasteiger partial charge in [-0.2, -0.15) is 5.10 Å². The van der Waals surface area contributed by atoms with Gasteiger partial charge in [0.2, 0.25) is 0 Å². The predicted molar refractivity (Wildman–Crippen MR) is 99.4 cm³/mol. The molecule has 2 saturated heterocycles. The van der Waals surface area contributed by atoms with Crippen LogP contribution in [-0.2, 0) is 11.3 Å². The Bertz CT molecular complexity index is 836. The highest BCUT2D eigenvalue weighted by atomic mass is 16.6. The number of ether oxygens (including phenoxy) is 1. The monoisotopic (exact) mass is 368 g/mol. The zero-order chi connectivity index (χ0) is 18.9. The van der Waals surface area contributed by atoms with E-state index in [4.69, 9.17) is 4.74 Å². The fourth-order valence-corrected chi connectivity index (χ4v) is 3.99. The number of likely N-dealkylation sites (tertiary alicyclic amines) is 1. The van der Waals surface area contributed by atoms with Gasteiger partial charge in [0.05, 0.1) is 13.1 Å². The number of rotatable bonds is 3. The summed E-state index contributed by atoms with van der Waals surface area (Å²) in [6, 6.07) is 9.60. The molecule has 1 aromatic heterocycles. The van der Waals surface area contributed by atoms with Crippen LogP contribution in [0.15, 0.2) is 42.7 Å². The first kappa shape index (κ1) is 17.6. The fourth-order valence-electron chi connectivity index (χ4n) is 3.99. The summed E-state index contributed by atoms with van der Waals surface area (Å²) < 4.78 is 7.47. The van der Waals surface area contributed by atoms with E-state index in [0.717, 1.165) is 18.4 Å². The molecule has 142 valence electrons. The Morgan fingerprint density at radius 1 is 1.26 bits per heavy atom. The molecule has 2 amide bonds. The van der Waals surface area contributed by atoms with Gasteiger partial charge in [-0.1, -0.05) is 12.1 Å². The number of carbonyl (C=O) groups excluding carboxylic acids is 2. The van der Waals surface area contributed by atoms with Gasteiger partial charge in [0.15, 0.2) is 0 Å². The number of likely N-dealkylation sites (N-methyl/N-ethyl adjacent to an activating group) is 1. The Labute approximate surface area is 158 Å². The van der Waals surface area contributed by atoms with E-state index in [9.17, 15) is 9.59 Å². The van der Waals surface area contributed by atoms with Crippen LogP contribution in [0.5, 0.6) is 0 Å². The van der Waals surface area contributed by atoms with E-state index in [0.29, 0.717) is 38.2 Å². The zero-order valence-corrected chi connectivity index (χ0v) is 15.5. The standard InChI is InChI=1S/C20H24N4O3/c1-22-15-20(27-19(22)26)7-3-10-23(12-8-20)18(25)17-6-2-5-16(13-17)14-24-11-4-9-21-24/h2,4-6,9,11,13H,3,7-8,10,12,14-15H2,1H3. The van der Waals surface area contributed by atoms with Crippen molar-refractivity contribution < 1.29 is 14.3 Å². The first-order valence-corrected chi connectivity index (χ1v) is 9.34. The van der Waals surface area contributed by atoms with Crippen LogP contribution in [0.25, 0.3) is 0 Å². The number of hydrogen-bond acceptors (Lipinski definition) is 4. The van der Waals surface area contributed by atoms with Gasteiger partial charge < -0.3 is 14.5 Å². The molecule has 7 nitrogen and oxygen atoms in total. The third-order valence-electron chi connectivity index (χ3n) is 5.40. The largest absolute Gasteiger partial charge is 0.441 e. The van der Waals surface area contributed by atoms with Crippen LogP contribution in [0.4, 0.5) is 4.79 Å². The lowest BCUT2D eigenvalue weighted by Gasteiger charge is -2.25. The number of nitrogens with zero attached hydrogens (tertiary/aromatic N) is 4. The van der Waals surface area contributed by atoms with E-state index in [-0.39, 0.29) is 12.0 Å². The molecule has 4 rings (SSSR count). The molecule has 1 atom stereocenters. The number of hydrogen-bond donors (Lipinski definition) is 0. The van der Waals surface area contributed by atoms with Gasteiger partial charge in [0, 0.05) is 44.5 Å². The number of aromatic nitrogens is 2. The molecule has 1 aromatic carbocycles. The average molecular weight is 368 g/mol. The molecule has 0 N–H and O–H groups in total. The molecule has 2 aliphatic heterocycles. The van der Waals surface area contributed by atoms with Crippen LogP contribution >= 0.6 is 0 Å². The molecule has 2 aromatic rings. The SMILES string of the molecule is CN1CC2(CCCN(C(=O)c3cccc(Cn4cccn4)c3)CC2)OC1=O. The number of carbonyl (C=O) groups is 2. The highest BCUT2D eigenvalue weighted by molar-refractivity contribution is 5.94. The molecule has 3 heterocycles. The smallest absolute Gasteiger partial charge is 0.410 e. The Morgan fingerprint density at radius 3 is 2.89 bits per heavy atom. The van der Waals surface area contributed by atoms with Gasteiger partial charge >= 0.3 is 6.09 Å². The van der Waals surface area contributed by atoms with Crippen molar-refractivity contribution >= 4 is 12.0 Å². The van der Waals surface area contributed by atoms with Crippen LogP contribution in [-0.4, -0.2) is 63.9 Å². The summed E-state index contributed by atoms with van der Waals surface area (Å²) >= 11 is 0. The molecule has 2 aliphatic rings.